The van der Waals surface area contributed by atoms with Crippen LogP contribution in [0.3, 0.4) is 0 Å². The van der Waals surface area contributed by atoms with Crippen LogP contribution in [0.4, 0.5) is 5.69 Å². The number of amides is 2. The Kier molecular flexibility index (Phi) is 7.26. The average molecular weight is 575 g/mol. The molecule has 0 unspecified atom stereocenters. The molecular weight excluding hydrogens is 552 g/mol. The van der Waals surface area contributed by atoms with Crippen molar-refractivity contribution in [3.8, 4) is 11.5 Å². The molecule has 198 valence electrons. The summed E-state index contributed by atoms with van der Waals surface area (Å²) in [6.07, 6.45) is 0. The molecule has 5 rings (SSSR count). The molecule has 2 aliphatic heterocycles. The molecule has 1 aromatic heterocycles. The first-order valence-electron chi connectivity index (χ1n) is 11.7. The Morgan fingerprint density at radius 1 is 1.00 bits per heavy atom. The van der Waals surface area contributed by atoms with Gasteiger partial charge in [-0.15, -0.1) is 0 Å². The van der Waals surface area contributed by atoms with Gasteiger partial charge in [0.25, 0.3) is 0 Å². The molecule has 2 aromatic carbocycles. The van der Waals surface area contributed by atoms with E-state index in [0.29, 0.717) is 37.7 Å². The highest BCUT2D eigenvalue weighted by Crippen LogP contribution is 2.54. The molecule has 2 aliphatic rings. The van der Waals surface area contributed by atoms with Crippen LogP contribution in [0.1, 0.15) is 23.3 Å². The molecule has 0 radical (unpaired) electrons. The van der Waals surface area contributed by atoms with E-state index in [0.717, 1.165) is 23.1 Å². The summed E-state index contributed by atoms with van der Waals surface area (Å²) in [6, 6.07) is 11.8. The van der Waals surface area contributed by atoms with E-state index in [1.54, 1.807) is 49.4 Å². The Balaban J connectivity index is 1.67. The second kappa shape index (κ2) is 10.5. The van der Waals surface area contributed by atoms with E-state index in [1.165, 1.54) is 23.7 Å². The van der Waals surface area contributed by atoms with Gasteiger partial charge in [0.15, 0.2) is 11.5 Å². The average Bonchev–Trinajstić information content (AvgIpc) is 3.35. The zero-order valence-corrected chi connectivity index (χ0v) is 23.0. The maximum Gasteiger partial charge on any atom is 0.326 e. The fourth-order valence-corrected chi connectivity index (χ4v) is 7.74. The number of methoxy groups -OCH3 is 2. The van der Waals surface area contributed by atoms with Gasteiger partial charge in [-0.1, -0.05) is 40.8 Å². The van der Waals surface area contributed by atoms with Crippen LogP contribution in [0.5, 0.6) is 11.5 Å². The van der Waals surface area contributed by atoms with Crippen molar-refractivity contribution >= 4 is 58.2 Å². The molecule has 9 nitrogen and oxygen atoms in total. The first kappa shape index (κ1) is 26.3. The second-order valence-electron chi connectivity index (χ2n) is 8.57. The van der Waals surface area contributed by atoms with Gasteiger partial charge in [-0.2, -0.15) is 0 Å². The van der Waals surface area contributed by atoms with Gasteiger partial charge in [0.2, 0.25) is 11.8 Å². The van der Waals surface area contributed by atoms with Gasteiger partial charge < -0.3 is 14.2 Å². The van der Waals surface area contributed by atoms with Crippen LogP contribution < -0.4 is 19.2 Å². The van der Waals surface area contributed by atoms with Gasteiger partial charge in [0.05, 0.1) is 37.5 Å². The van der Waals surface area contributed by atoms with Gasteiger partial charge in [-0.05, 0) is 48.9 Å². The van der Waals surface area contributed by atoms with Crippen LogP contribution in [0.2, 0.25) is 5.02 Å². The van der Waals surface area contributed by atoms with Crippen molar-refractivity contribution in [3.05, 3.63) is 67.6 Å². The number of fused-ring (bicyclic) bond motifs is 2. The van der Waals surface area contributed by atoms with Crippen molar-refractivity contribution in [3.63, 3.8) is 0 Å². The number of hydrogen-bond acceptors (Lipinski definition) is 9. The monoisotopic (exact) mass is 574 g/mol. The Morgan fingerprint density at radius 3 is 2.37 bits per heavy atom. The lowest BCUT2D eigenvalue weighted by Gasteiger charge is -2.31. The molecule has 0 N–H and O–H groups in total. The summed E-state index contributed by atoms with van der Waals surface area (Å²) in [5.41, 5.74) is 1.10. The number of benzene rings is 2. The van der Waals surface area contributed by atoms with Crippen LogP contribution in [-0.2, 0) is 25.7 Å². The van der Waals surface area contributed by atoms with Crippen molar-refractivity contribution in [1.82, 2.24) is 4.57 Å². The zero-order chi connectivity index (χ0) is 27.1. The van der Waals surface area contributed by atoms with Crippen molar-refractivity contribution < 1.29 is 28.6 Å². The van der Waals surface area contributed by atoms with E-state index < -0.39 is 29.0 Å². The number of hydrogen-bond donors (Lipinski definition) is 0. The Labute approximate surface area is 231 Å². The predicted molar refractivity (Wildman–Crippen MR) is 144 cm³/mol. The Morgan fingerprint density at radius 2 is 1.71 bits per heavy atom. The van der Waals surface area contributed by atoms with E-state index in [2.05, 4.69) is 0 Å². The minimum atomic E-state index is -0.814. The van der Waals surface area contributed by atoms with Crippen molar-refractivity contribution in [2.24, 2.45) is 5.92 Å². The molecule has 0 bridgehead atoms. The number of nitrogens with zero attached hydrogens (tertiary/aromatic N) is 2. The summed E-state index contributed by atoms with van der Waals surface area (Å²) in [4.78, 5) is 54.4. The van der Waals surface area contributed by atoms with Crippen molar-refractivity contribution in [2.75, 3.05) is 25.7 Å². The number of esters is 1. The van der Waals surface area contributed by atoms with Crippen LogP contribution >= 0.6 is 34.7 Å². The highest BCUT2D eigenvalue weighted by Gasteiger charge is 2.57. The van der Waals surface area contributed by atoms with Crippen LogP contribution in [-0.4, -0.2) is 48.4 Å². The number of imide groups is 1. The SMILES string of the molecule is CCOC(=O)Cn1c2c(sc1=O)[C@@H](c1ccc(OC)c(OC)c1)[C@@H]1C(=O)N(c3ccc(Cl)cc3)C(=O)[C@@H]1S2. The third kappa shape index (κ3) is 4.38. The Bertz CT molecular complexity index is 1480. The first-order valence-corrected chi connectivity index (χ1v) is 13.8. The minimum Gasteiger partial charge on any atom is -0.493 e. The lowest BCUT2D eigenvalue weighted by atomic mass is 9.83. The third-order valence-corrected chi connectivity index (χ3v) is 9.35. The summed E-state index contributed by atoms with van der Waals surface area (Å²) >= 11 is 8.13. The van der Waals surface area contributed by atoms with E-state index in [4.69, 9.17) is 25.8 Å². The molecule has 1 fully saturated rings. The molecule has 3 atom stereocenters. The minimum absolute atomic E-state index is 0.176. The zero-order valence-electron chi connectivity index (χ0n) is 20.6. The number of rotatable bonds is 7. The van der Waals surface area contributed by atoms with Crippen LogP contribution in [0, 0.1) is 5.92 Å². The molecule has 1 saturated heterocycles. The number of aromatic nitrogens is 1. The summed E-state index contributed by atoms with van der Waals surface area (Å²) in [5, 5.41) is 0.146. The number of carbonyl (C=O) groups is 3. The molecule has 3 heterocycles. The molecule has 3 aromatic rings. The van der Waals surface area contributed by atoms with E-state index in [-0.39, 0.29) is 23.9 Å². The molecule has 0 spiro atoms. The smallest absolute Gasteiger partial charge is 0.326 e. The summed E-state index contributed by atoms with van der Waals surface area (Å²) < 4.78 is 17.3. The van der Waals surface area contributed by atoms with Gasteiger partial charge in [0, 0.05) is 15.8 Å². The molecule has 12 heteroatoms. The van der Waals surface area contributed by atoms with Crippen LogP contribution in [0.15, 0.2) is 52.3 Å². The maximum absolute atomic E-state index is 13.9. The molecular formula is C26H23ClN2O7S2. The number of thiazole rings is 1. The molecule has 38 heavy (non-hydrogen) atoms. The van der Waals surface area contributed by atoms with Gasteiger partial charge in [-0.3, -0.25) is 23.7 Å². The number of thioether (sulfide) groups is 1. The number of carbonyl (C=O) groups excluding carboxylic acids is 3. The second-order valence-corrected chi connectivity index (χ2v) is 11.1. The Hall–Kier alpha value is -3.28. The number of ether oxygens (including phenoxy) is 3. The normalized spacial score (nSPS) is 20.2. The first-order chi connectivity index (χ1) is 18.3. The van der Waals surface area contributed by atoms with Crippen molar-refractivity contribution in [1.29, 1.82) is 0 Å². The van der Waals surface area contributed by atoms with E-state index in [1.807, 2.05) is 0 Å². The highest BCUT2D eigenvalue weighted by atomic mass is 35.5. The van der Waals surface area contributed by atoms with Crippen LogP contribution in [0.25, 0.3) is 0 Å². The fraction of sp³-hybridized carbons (Fsp3) is 0.308. The summed E-state index contributed by atoms with van der Waals surface area (Å²) in [7, 11) is 3.03. The number of anilines is 1. The fourth-order valence-electron chi connectivity index (χ4n) is 4.84. The van der Waals surface area contributed by atoms with E-state index >= 15 is 0 Å². The van der Waals surface area contributed by atoms with Crippen molar-refractivity contribution in [2.45, 2.75) is 29.7 Å². The van der Waals surface area contributed by atoms with E-state index in [9.17, 15) is 19.2 Å². The predicted octanol–water partition coefficient (Wildman–Crippen LogP) is 3.94. The lowest BCUT2D eigenvalue weighted by Crippen LogP contribution is -2.32. The van der Waals surface area contributed by atoms with Gasteiger partial charge >= 0.3 is 10.8 Å². The standard InChI is InChI=1S/C26H23ClN2O7S2/c1-4-36-18(30)12-28-25-22(38-26(28)33)19(13-5-10-16(34-2)17(11-13)35-3)20-21(37-25)24(32)29(23(20)31)15-8-6-14(27)7-9-15/h5-11,19-21H,4,12H2,1-3H3/t19-,20-,21+/m0/s1. The largest absolute Gasteiger partial charge is 0.493 e. The summed E-state index contributed by atoms with van der Waals surface area (Å²) in [6.45, 7) is 1.57. The van der Waals surface area contributed by atoms with Gasteiger partial charge in [-0.25, -0.2) is 4.90 Å². The summed E-state index contributed by atoms with van der Waals surface area (Å²) in [5.74, 6) is -1.80. The highest BCUT2D eigenvalue weighted by molar-refractivity contribution is 8.00. The molecule has 0 aliphatic carbocycles. The van der Waals surface area contributed by atoms with Gasteiger partial charge in [0.1, 0.15) is 11.8 Å². The molecule has 2 amide bonds. The third-order valence-electron chi connectivity index (χ3n) is 6.49. The lowest BCUT2D eigenvalue weighted by molar-refractivity contribution is -0.144. The molecule has 0 saturated carbocycles. The topological polar surface area (TPSA) is 104 Å². The quantitative estimate of drug-likeness (QED) is 0.309. The maximum atomic E-state index is 13.9. The number of halogens is 1.